The van der Waals surface area contributed by atoms with Crippen molar-refractivity contribution in [3.63, 3.8) is 0 Å². The molecule has 2 aromatic carbocycles. The number of hydrogen-bond acceptors (Lipinski definition) is 0. The molecule has 0 aliphatic rings. The molecule has 0 bridgehead atoms. The van der Waals surface area contributed by atoms with Gasteiger partial charge in [-0.3, -0.25) is 9.13 Å². The second kappa shape index (κ2) is 11.1. The van der Waals surface area contributed by atoms with Crippen molar-refractivity contribution in [2.45, 2.75) is 48.2 Å². The summed E-state index contributed by atoms with van der Waals surface area (Å²) in [5.74, 6) is 0. The molecule has 4 nitrogen and oxygen atoms in total. The van der Waals surface area contributed by atoms with Gasteiger partial charge in [0, 0.05) is 24.8 Å². The van der Waals surface area contributed by atoms with Gasteiger partial charge >= 0.3 is 41.0 Å². The van der Waals surface area contributed by atoms with Gasteiger partial charge in [-0.2, -0.15) is 0 Å². The summed E-state index contributed by atoms with van der Waals surface area (Å²) in [6.45, 7) is 13.6. The molecule has 4 rings (SSSR count). The molecular formula is C25H28Br2N4Pt+2. The van der Waals surface area contributed by atoms with Gasteiger partial charge in [-0.05, 0) is 63.8 Å². The van der Waals surface area contributed by atoms with Gasteiger partial charge in [0.25, 0.3) is 0 Å². The Balaban J connectivity index is 0.000000913. The zero-order valence-corrected chi connectivity index (χ0v) is 24.6. The molecule has 7 heteroatoms. The molecule has 0 amide bonds. The van der Waals surface area contributed by atoms with E-state index in [9.17, 15) is 0 Å². The third-order valence-electron chi connectivity index (χ3n) is 5.32. The number of halogens is 2. The van der Waals surface area contributed by atoms with E-state index in [1.165, 1.54) is 44.8 Å². The third kappa shape index (κ3) is 5.89. The van der Waals surface area contributed by atoms with Gasteiger partial charge in [0.1, 0.15) is 0 Å². The van der Waals surface area contributed by atoms with E-state index in [0.29, 0.717) is 6.67 Å². The van der Waals surface area contributed by atoms with Crippen molar-refractivity contribution in [1.82, 2.24) is 9.13 Å². The van der Waals surface area contributed by atoms with Crippen LogP contribution in [0.3, 0.4) is 0 Å². The number of aromatic nitrogens is 4. The molecule has 0 fully saturated rings. The summed E-state index contributed by atoms with van der Waals surface area (Å²) in [6, 6.07) is 8.87. The number of aryl methyl sites for hydroxylation is 6. The van der Waals surface area contributed by atoms with Crippen molar-refractivity contribution in [1.29, 1.82) is 0 Å². The van der Waals surface area contributed by atoms with Gasteiger partial charge in [-0.15, -0.1) is 0 Å². The normalized spacial score (nSPS) is 10.9. The molecule has 0 spiro atoms. The molecule has 0 saturated carbocycles. The Hall–Kier alpha value is -1.49. The Morgan fingerprint density at radius 2 is 1.00 bits per heavy atom. The average molecular weight is 739 g/mol. The van der Waals surface area contributed by atoms with Crippen molar-refractivity contribution in [3.8, 4) is 11.4 Å². The number of hydrogen-bond donors (Lipinski definition) is 0. The molecule has 0 radical (unpaired) electrons. The van der Waals surface area contributed by atoms with Crippen molar-refractivity contribution in [3.05, 3.63) is 95.1 Å². The Morgan fingerprint density at radius 3 is 1.31 bits per heavy atom. The summed E-state index contributed by atoms with van der Waals surface area (Å²) in [4.78, 5) is 0. The number of nitrogens with zero attached hydrogens (tertiary/aromatic N) is 4. The van der Waals surface area contributed by atoms with Crippen LogP contribution >= 0.6 is 26.6 Å². The predicted molar refractivity (Wildman–Crippen MR) is 131 cm³/mol. The SMILES string of the molecule is Cc1cc(C)c(-n2[c-][n+](C[n+]3[c-]n(-c4c(C)cc(C)cc4C)cc3)cc2)c(C)c1.[Br][Pt+2][Br]. The van der Waals surface area contributed by atoms with Crippen molar-refractivity contribution >= 4 is 26.6 Å². The molecule has 0 unspecified atom stereocenters. The van der Waals surface area contributed by atoms with E-state index in [1.807, 2.05) is 0 Å². The van der Waals surface area contributed by atoms with Crippen LogP contribution in [0.15, 0.2) is 49.1 Å². The number of benzene rings is 2. The number of rotatable bonds is 4. The van der Waals surface area contributed by atoms with Crippen LogP contribution in [0.4, 0.5) is 0 Å². The van der Waals surface area contributed by atoms with Crippen LogP contribution in [-0.4, -0.2) is 9.13 Å². The topological polar surface area (TPSA) is 17.6 Å². The quantitative estimate of drug-likeness (QED) is 0.195. The van der Waals surface area contributed by atoms with Gasteiger partial charge in [0.15, 0.2) is 6.67 Å². The fourth-order valence-corrected chi connectivity index (χ4v) is 4.38. The molecule has 4 aromatic rings. The molecule has 0 atom stereocenters. The molecule has 2 aromatic heterocycles. The minimum absolute atomic E-state index is 0.208. The maximum atomic E-state index is 3.44. The van der Waals surface area contributed by atoms with E-state index in [0.717, 1.165) is 0 Å². The van der Waals surface area contributed by atoms with E-state index >= 15 is 0 Å². The van der Waals surface area contributed by atoms with Crippen LogP contribution in [0.1, 0.15) is 33.4 Å². The van der Waals surface area contributed by atoms with E-state index < -0.39 is 0 Å². The van der Waals surface area contributed by atoms with Crippen LogP contribution in [-0.2, 0) is 21.1 Å². The predicted octanol–water partition coefficient (Wildman–Crippen LogP) is 5.49. The van der Waals surface area contributed by atoms with Gasteiger partial charge < -0.3 is 9.13 Å². The molecule has 32 heavy (non-hydrogen) atoms. The van der Waals surface area contributed by atoms with Gasteiger partial charge in [-0.1, -0.05) is 35.4 Å². The fraction of sp³-hybridized carbons (Fsp3) is 0.280. The van der Waals surface area contributed by atoms with E-state index in [2.05, 4.69) is 148 Å². The number of imidazole rings is 2. The molecule has 2 heterocycles. The van der Waals surface area contributed by atoms with Crippen molar-refractivity contribution in [2.24, 2.45) is 0 Å². The molecule has 0 aliphatic carbocycles. The molecule has 0 saturated heterocycles. The molecule has 0 N–H and O–H groups in total. The third-order valence-corrected chi connectivity index (χ3v) is 5.32. The van der Waals surface area contributed by atoms with Gasteiger partial charge in [0.2, 0.25) is 12.7 Å². The standard InChI is InChI=1S/C25H28N4.2BrH.Pt/c1-18-11-20(3)24(21(4)12-18)28-9-7-26(16-28)15-27-8-10-29(17-27)25-22(5)13-19(2)14-23(25)6;;;/h7-14H,15H2,1-6H3;2*1H;/q;;;+4/p-2. The first kappa shape index (κ1) is 25.1. The molecule has 0 aliphatic heterocycles. The Bertz CT molecular complexity index is 1090. The first-order valence-corrected chi connectivity index (χ1v) is 20.2. The summed E-state index contributed by atoms with van der Waals surface area (Å²) in [7, 11) is 0. The first-order chi connectivity index (χ1) is 15.2. The first-order valence-electron chi connectivity index (χ1n) is 10.2. The average Bonchev–Trinajstić information content (AvgIpc) is 3.31. The Kier molecular flexibility index (Phi) is 8.71. The van der Waals surface area contributed by atoms with Crippen LogP contribution in [0.5, 0.6) is 0 Å². The van der Waals surface area contributed by atoms with Crippen molar-refractivity contribution in [2.75, 3.05) is 0 Å². The molecular weight excluding hydrogens is 711 g/mol. The summed E-state index contributed by atoms with van der Waals surface area (Å²) in [5.41, 5.74) is 10.0. The minimum atomic E-state index is 0.208. The Labute approximate surface area is 212 Å². The summed E-state index contributed by atoms with van der Waals surface area (Å²) in [5, 5.41) is 0. The molecule has 170 valence electrons. The summed E-state index contributed by atoms with van der Waals surface area (Å²) < 4.78 is 8.26. The zero-order valence-electron chi connectivity index (χ0n) is 19.2. The summed E-state index contributed by atoms with van der Waals surface area (Å²) in [6.07, 6.45) is 15.1. The van der Waals surface area contributed by atoms with E-state index in [-0.39, 0.29) is 14.5 Å². The second-order valence-corrected chi connectivity index (χ2v) is 18.1. The fourth-order valence-electron chi connectivity index (χ4n) is 4.38. The van der Waals surface area contributed by atoms with Crippen LogP contribution in [0.25, 0.3) is 11.4 Å². The Morgan fingerprint density at radius 1 is 0.688 bits per heavy atom. The van der Waals surface area contributed by atoms with E-state index in [1.54, 1.807) is 0 Å². The van der Waals surface area contributed by atoms with Gasteiger partial charge in [-0.25, -0.2) is 0 Å². The maximum absolute atomic E-state index is 3.44. The van der Waals surface area contributed by atoms with Crippen molar-refractivity contribution < 1.29 is 23.6 Å². The van der Waals surface area contributed by atoms with Crippen LogP contribution in [0, 0.1) is 54.2 Å². The van der Waals surface area contributed by atoms with Crippen LogP contribution < -0.4 is 9.13 Å². The second-order valence-electron chi connectivity index (χ2n) is 8.16. The van der Waals surface area contributed by atoms with E-state index in [4.69, 9.17) is 0 Å². The monoisotopic (exact) mass is 737 g/mol. The summed E-state index contributed by atoms with van der Waals surface area (Å²) >= 11 is 6.56. The van der Waals surface area contributed by atoms with Gasteiger partial charge in [0.05, 0.1) is 11.4 Å². The van der Waals surface area contributed by atoms with Crippen LogP contribution in [0.2, 0.25) is 0 Å². The zero-order chi connectivity index (χ0) is 23.4.